The van der Waals surface area contributed by atoms with Gasteiger partial charge in [-0.3, -0.25) is 4.79 Å². The summed E-state index contributed by atoms with van der Waals surface area (Å²) in [6.07, 6.45) is 0. The predicted molar refractivity (Wildman–Crippen MR) is 68.0 cm³/mol. The molecule has 1 aromatic heterocycles. The van der Waals surface area contributed by atoms with E-state index in [9.17, 15) is 9.18 Å². The maximum absolute atomic E-state index is 12.7. The van der Waals surface area contributed by atoms with Crippen LogP contribution >= 0.6 is 23.1 Å². The molecule has 94 valence electrons. The van der Waals surface area contributed by atoms with Gasteiger partial charge in [-0.25, -0.2) is 4.39 Å². The SMILES string of the molecule is O=C(O)CSc1nnc(Nc2ccc(F)cc2)s1. The number of aliphatic carboxylic acids is 1. The lowest BCUT2D eigenvalue weighted by molar-refractivity contribution is -0.133. The molecule has 2 aromatic rings. The molecule has 0 aliphatic heterocycles. The van der Waals surface area contributed by atoms with Gasteiger partial charge in [0.2, 0.25) is 5.13 Å². The molecule has 2 N–H and O–H groups in total. The summed E-state index contributed by atoms with van der Waals surface area (Å²) >= 11 is 2.35. The third-order valence-corrected chi connectivity index (χ3v) is 3.78. The maximum Gasteiger partial charge on any atom is 0.313 e. The van der Waals surface area contributed by atoms with Crippen LogP contribution in [0.4, 0.5) is 15.2 Å². The average molecular weight is 285 g/mol. The topological polar surface area (TPSA) is 75.1 Å². The van der Waals surface area contributed by atoms with Crippen LogP contribution in [0, 0.1) is 5.82 Å². The molecule has 5 nitrogen and oxygen atoms in total. The number of benzene rings is 1. The molecule has 0 bridgehead atoms. The molecule has 0 fully saturated rings. The molecular formula is C10H8FN3O2S2. The number of nitrogens with one attached hydrogen (secondary N) is 1. The van der Waals surface area contributed by atoms with Crippen molar-refractivity contribution in [1.29, 1.82) is 0 Å². The highest BCUT2D eigenvalue weighted by Gasteiger charge is 2.07. The number of nitrogens with zero attached hydrogens (tertiary/aromatic N) is 2. The van der Waals surface area contributed by atoms with E-state index in [-0.39, 0.29) is 11.6 Å². The van der Waals surface area contributed by atoms with Gasteiger partial charge in [0, 0.05) is 5.69 Å². The number of halogens is 1. The Morgan fingerprint density at radius 1 is 1.39 bits per heavy atom. The van der Waals surface area contributed by atoms with Crippen molar-refractivity contribution in [2.75, 3.05) is 11.1 Å². The molecule has 0 saturated carbocycles. The second-order valence-corrected chi connectivity index (χ2v) is 5.39. The molecular weight excluding hydrogens is 277 g/mol. The van der Waals surface area contributed by atoms with Gasteiger partial charge in [0.25, 0.3) is 0 Å². The van der Waals surface area contributed by atoms with Crippen LogP contribution in [0.15, 0.2) is 28.6 Å². The molecule has 0 radical (unpaired) electrons. The fourth-order valence-corrected chi connectivity index (χ4v) is 2.59. The van der Waals surface area contributed by atoms with Crippen LogP contribution in [0.5, 0.6) is 0 Å². The van der Waals surface area contributed by atoms with Crippen LogP contribution in [0.2, 0.25) is 0 Å². The third kappa shape index (κ3) is 3.67. The Bertz CT molecular complexity index is 544. The number of carbonyl (C=O) groups is 1. The van der Waals surface area contributed by atoms with Gasteiger partial charge in [-0.2, -0.15) is 0 Å². The van der Waals surface area contributed by atoms with Crippen LogP contribution in [-0.2, 0) is 4.79 Å². The van der Waals surface area contributed by atoms with E-state index < -0.39 is 5.97 Å². The van der Waals surface area contributed by atoms with Crippen molar-refractivity contribution in [2.24, 2.45) is 0 Å². The summed E-state index contributed by atoms with van der Waals surface area (Å²) in [5, 5.41) is 19.7. The molecule has 0 aliphatic carbocycles. The van der Waals surface area contributed by atoms with Gasteiger partial charge in [-0.1, -0.05) is 23.1 Å². The summed E-state index contributed by atoms with van der Waals surface area (Å²) in [7, 11) is 0. The van der Waals surface area contributed by atoms with E-state index in [0.717, 1.165) is 11.8 Å². The van der Waals surface area contributed by atoms with Gasteiger partial charge in [0.15, 0.2) is 4.34 Å². The number of rotatable bonds is 5. The zero-order chi connectivity index (χ0) is 13.0. The molecule has 0 atom stereocenters. The van der Waals surface area contributed by atoms with Crippen LogP contribution in [-0.4, -0.2) is 27.0 Å². The van der Waals surface area contributed by atoms with Crippen molar-refractivity contribution in [1.82, 2.24) is 10.2 Å². The number of carboxylic acids is 1. The van der Waals surface area contributed by atoms with Crippen molar-refractivity contribution in [3.05, 3.63) is 30.1 Å². The molecule has 0 saturated heterocycles. The van der Waals surface area contributed by atoms with Crippen LogP contribution in [0.25, 0.3) is 0 Å². The summed E-state index contributed by atoms with van der Waals surface area (Å²) in [6, 6.07) is 5.84. The van der Waals surface area contributed by atoms with E-state index in [1.807, 2.05) is 0 Å². The van der Waals surface area contributed by atoms with Gasteiger partial charge in [0.1, 0.15) is 5.82 Å². The Morgan fingerprint density at radius 3 is 2.78 bits per heavy atom. The molecule has 0 spiro atoms. The Morgan fingerprint density at radius 2 is 2.11 bits per heavy atom. The van der Waals surface area contributed by atoms with Gasteiger partial charge >= 0.3 is 5.97 Å². The highest BCUT2D eigenvalue weighted by molar-refractivity contribution is 8.01. The number of hydrogen-bond acceptors (Lipinski definition) is 6. The molecule has 8 heteroatoms. The standard InChI is InChI=1S/C10H8FN3O2S2/c11-6-1-3-7(4-2-6)12-9-13-14-10(18-9)17-5-8(15)16/h1-4H,5H2,(H,12,13)(H,15,16). The second kappa shape index (κ2) is 5.78. The minimum absolute atomic E-state index is 0.0504. The van der Waals surface area contributed by atoms with Crippen LogP contribution in [0.3, 0.4) is 0 Å². The van der Waals surface area contributed by atoms with Crippen molar-refractivity contribution in [3.63, 3.8) is 0 Å². The van der Waals surface area contributed by atoms with E-state index in [2.05, 4.69) is 15.5 Å². The Kier molecular flexibility index (Phi) is 4.11. The minimum Gasteiger partial charge on any atom is -0.481 e. The second-order valence-electron chi connectivity index (χ2n) is 3.19. The lowest BCUT2D eigenvalue weighted by atomic mass is 10.3. The molecule has 0 aliphatic rings. The normalized spacial score (nSPS) is 10.3. The molecule has 1 aromatic carbocycles. The number of hydrogen-bond donors (Lipinski definition) is 2. The van der Waals surface area contributed by atoms with Crippen molar-refractivity contribution >= 4 is 39.9 Å². The van der Waals surface area contributed by atoms with Crippen LogP contribution in [0.1, 0.15) is 0 Å². The lowest BCUT2D eigenvalue weighted by Gasteiger charge is -2.00. The Hall–Kier alpha value is -1.67. The summed E-state index contributed by atoms with van der Waals surface area (Å²) in [4.78, 5) is 10.4. The molecule has 2 rings (SSSR count). The first kappa shape index (κ1) is 12.8. The summed E-state index contributed by atoms with van der Waals surface area (Å²) in [5.41, 5.74) is 0.697. The first-order valence-corrected chi connectivity index (χ1v) is 6.64. The van der Waals surface area contributed by atoms with E-state index in [1.54, 1.807) is 12.1 Å². The zero-order valence-corrected chi connectivity index (χ0v) is 10.6. The third-order valence-electron chi connectivity index (χ3n) is 1.82. The first-order chi connectivity index (χ1) is 8.63. The summed E-state index contributed by atoms with van der Waals surface area (Å²) in [6.45, 7) is 0. The van der Waals surface area contributed by atoms with Crippen molar-refractivity contribution in [2.45, 2.75) is 4.34 Å². The highest BCUT2D eigenvalue weighted by Crippen LogP contribution is 2.27. The predicted octanol–water partition coefficient (Wildman–Crippen LogP) is 2.60. The molecule has 0 amide bonds. The zero-order valence-electron chi connectivity index (χ0n) is 8.96. The smallest absolute Gasteiger partial charge is 0.313 e. The Labute approximate surface area is 110 Å². The van der Waals surface area contributed by atoms with Crippen LogP contribution < -0.4 is 5.32 Å². The van der Waals surface area contributed by atoms with Gasteiger partial charge in [-0.15, -0.1) is 10.2 Å². The largest absolute Gasteiger partial charge is 0.481 e. The van der Waals surface area contributed by atoms with Crippen molar-refractivity contribution < 1.29 is 14.3 Å². The van der Waals surface area contributed by atoms with Gasteiger partial charge in [0.05, 0.1) is 5.75 Å². The monoisotopic (exact) mass is 285 g/mol. The van der Waals surface area contributed by atoms with Crippen molar-refractivity contribution in [3.8, 4) is 0 Å². The summed E-state index contributed by atoms with van der Waals surface area (Å²) in [5.74, 6) is -1.26. The van der Waals surface area contributed by atoms with E-state index in [0.29, 0.717) is 15.2 Å². The minimum atomic E-state index is -0.900. The highest BCUT2D eigenvalue weighted by atomic mass is 32.2. The fraction of sp³-hybridized carbons (Fsp3) is 0.100. The molecule has 1 heterocycles. The van der Waals surface area contributed by atoms with E-state index in [1.165, 1.54) is 23.5 Å². The molecule has 18 heavy (non-hydrogen) atoms. The molecule has 0 unspecified atom stereocenters. The van der Waals surface area contributed by atoms with Gasteiger partial charge in [-0.05, 0) is 24.3 Å². The summed E-state index contributed by atoms with van der Waals surface area (Å²) < 4.78 is 13.3. The number of anilines is 2. The van der Waals surface area contributed by atoms with E-state index in [4.69, 9.17) is 5.11 Å². The fourth-order valence-electron chi connectivity index (χ4n) is 1.10. The number of carboxylic acid groups (broad SMARTS) is 1. The maximum atomic E-state index is 12.7. The van der Waals surface area contributed by atoms with Gasteiger partial charge < -0.3 is 10.4 Å². The number of aromatic nitrogens is 2. The quantitative estimate of drug-likeness (QED) is 0.822. The lowest BCUT2D eigenvalue weighted by Crippen LogP contribution is -1.96. The average Bonchev–Trinajstić information content (AvgIpc) is 2.77. The first-order valence-electron chi connectivity index (χ1n) is 4.84. The number of thioether (sulfide) groups is 1. The Balaban J connectivity index is 1.97. The van der Waals surface area contributed by atoms with E-state index >= 15 is 0 Å².